The number of nitrogens with zero attached hydrogens (tertiary/aromatic N) is 6. The third-order valence-electron chi connectivity index (χ3n) is 4.56. The van der Waals surface area contributed by atoms with Gasteiger partial charge in [0.25, 0.3) is 5.89 Å². The first-order valence-corrected chi connectivity index (χ1v) is 9.04. The summed E-state index contributed by atoms with van der Waals surface area (Å²) in [5, 5.41) is 14.4. The molecule has 150 valence electrons. The van der Waals surface area contributed by atoms with Crippen LogP contribution in [0.1, 0.15) is 12.2 Å². The van der Waals surface area contributed by atoms with E-state index in [0.717, 1.165) is 0 Å². The number of halogens is 1. The molecule has 3 heterocycles. The molecule has 2 aromatic heterocycles. The topological polar surface area (TPSA) is 119 Å². The molecule has 4 rings (SSSR count). The van der Waals surface area contributed by atoms with E-state index in [9.17, 15) is 14.0 Å². The lowest BCUT2D eigenvalue weighted by Crippen LogP contribution is -2.35. The van der Waals surface area contributed by atoms with Gasteiger partial charge < -0.3 is 14.7 Å². The molecule has 1 saturated heterocycles. The van der Waals surface area contributed by atoms with Gasteiger partial charge in [-0.2, -0.15) is 4.98 Å². The van der Waals surface area contributed by atoms with Crippen LogP contribution in [0.25, 0.3) is 11.6 Å². The molecule has 0 spiro atoms. The Morgan fingerprint density at radius 3 is 2.97 bits per heavy atom. The third-order valence-corrected chi connectivity index (χ3v) is 4.56. The van der Waals surface area contributed by atoms with Crippen LogP contribution in [0.15, 0.2) is 35.0 Å². The predicted molar refractivity (Wildman–Crippen MR) is 97.9 cm³/mol. The van der Waals surface area contributed by atoms with Crippen LogP contribution in [0, 0.1) is 18.7 Å². The van der Waals surface area contributed by atoms with Crippen LogP contribution in [0.4, 0.5) is 10.1 Å². The van der Waals surface area contributed by atoms with E-state index in [1.54, 1.807) is 29.9 Å². The van der Waals surface area contributed by atoms with Gasteiger partial charge >= 0.3 is 0 Å². The number of amides is 2. The third kappa shape index (κ3) is 3.98. The van der Waals surface area contributed by atoms with Gasteiger partial charge in [0.15, 0.2) is 11.5 Å². The molecule has 1 aliphatic heterocycles. The van der Waals surface area contributed by atoms with Crippen molar-refractivity contribution >= 4 is 17.5 Å². The van der Waals surface area contributed by atoms with Crippen LogP contribution >= 0.6 is 0 Å². The number of benzene rings is 1. The Kier molecular flexibility index (Phi) is 5.02. The van der Waals surface area contributed by atoms with Gasteiger partial charge in [-0.1, -0.05) is 22.5 Å². The predicted octanol–water partition coefficient (Wildman–Crippen LogP) is 0.945. The summed E-state index contributed by atoms with van der Waals surface area (Å²) in [5.74, 6) is -0.779. The molecule has 1 fully saturated rings. The second kappa shape index (κ2) is 7.78. The highest BCUT2D eigenvalue weighted by atomic mass is 19.1. The maximum absolute atomic E-state index is 13.9. The Balaban J connectivity index is 1.30. The highest BCUT2D eigenvalue weighted by Gasteiger charge is 2.35. The fraction of sp³-hybridized carbons (Fsp3) is 0.333. The standard InChI is InChI=1S/C18H18FN7O3/c1-11-21-18(29-23-11)14-10-25(24-22-14)7-6-20-17(28)12-8-16(27)26(9-12)15-5-3-2-4-13(15)19/h2-5,10,12H,6-9H2,1H3,(H,20,28)/t12-/m0/s1. The summed E-state index contributed by atoms with van der Waals surface area (Å²) in [6.07, 6.45) is 1.68. The van der Waals surface area contributed by atoms with Gasteiger partial charge in [-0.25, -0.2) is 9.07 Å². The van der Waals surface area contributed by atoms with Gasteiger partial charge in [0.05, 0.1) is 24.3 Å². The number of nitrogens with one attached hydrogen (secondary N) is 1. The molecule has 0 aliphatic carbocycles. The lowest BCUT2D eigenvalue weighted by Gasteiger charge is -2.17. The monoisotopic (exact) mass is 399 g/mol. The molecule has 1 aliphatic rings. The zero-order valence-electron chi connectivity index (χ0n) is 15.6. The maximum Gasteiger partial charge on any atom is 0.280 e. The van der Waals surface area contributed by atoms with Crippen molar-refractivity contribution in [3.8, 4) is 11.6 Å². The molecule has 11 heteroatoms. The molecule has 0 radical (unpaired) electrons. The van der Waals surface area contributed by atoms with Crippen molar-refractivity contribution in [2.24, 2.45) is 5.92 Å². The number of rotatable bonds is 6. The van der Waals surface area contributed by atoms with Crippen LogP contribution in [0.5, 0.6) is 0 Å². The van der Waals surface area contributed by atoms with Crippen molar-refractivity contribution in [2.45, 2.75) is 19.9 Å². The minimum Gasteiger partial charge on any atom is -0.354 e. The quantitative estimate of drug-likeness (QED) is 0.655. The second-order valence-electron chi connectivity index (χ2n) is 6.66. The summed E-state index contributed by atoms with van der Waals surface area (Å²) in [6.45, 7) is 2.53. The van der Waals surface area contributed by atoms with E-state index in [1.807, 2.05) is 0 Å². The van der Waals surface area contributed by atoms with E-state index in [1.165, 1.54) is 17.0 Å². The summed E-state index contributed by atoms with van der Waals surface area (Å²) in [5.41, 5.74) is 0.637. The number of carbonyl (C=O) groups is 2. The number of aryl methyl sites for hydroxylation is 1. The highest BCUT2D eigenvalue weighted by Crippen LogP contribution is 2.27. The van der Waals surface area contributed by atoms with Crippen molar-refractivity contribution in [1.82, 2.24) is 30.5 Å². The van der Waals surface area contributed by atoms with Crippen molar-refractivity contribution in [2.75, 3.05) is 18.0 Å². The highest BCUT2D eigenvalue weighted by molar-refractivity contribution is 6.00. The van der Waals surface area contributed by atoms with Gasteiger partial charge in [0.2, 0.25) is 11.8 Å². The molecular formula is C18H18FN7O3. The molecule has 0 bridgehead atoms. The van der Waals surface area contributed by atoms with E-state index < -0.39 is 11.7 Å². The maximum atomic E-state index is 13.9. The van der Waals surface area contributed by atoms with Crippen molar-refractivity contribution < 1.29 is 18.5 Å². The molecule has 1 N–H and O–H groups in total. The smallest absolute Gasteiger partial charge is 0.280 e. The van der Waals surface area contributed by atoms with Gasteiger partial charge in [0, 0.05) is 19.5 Å². The van der Waals surface area contributed by atoms with Crippen LogP contribution in [-0.4, -0.2) is 50.0 Å². The number of hydrogen-bond acceptors (Lipinski definition) is 7. The molecule has 0 unspecified atom stereocenters. The normalized spacial score (nSPS) is 16.4. The molecule has 1 aromatic carbocycles. The summed E-state index contributed by atoms with van der Waals surface area (Å²) < 4.78 is 20.5. The van der Waals surface area contributed by atoms with Gasteiger partial charge in [-0.15, -0.1) is 5.10 Å². The number of aromatic nitrogens is 5. The van der Waals surface area contributed by atoms with E-state index >= 15 is 0 Å². The van der Waals surface area contributed by atoms with Gasteiger partial charge in [-0.3, -0.25) is 9.59 Å². The average molecular weight is 399 g/mol. The Hall–Kier alpha value is -3.63. The SMILES string of the molecule is Cc1noc(-c2cn(CCNC(=O)[C@H]3CC(=O)N(c4ccccc4F)C3)nn2)n1. The molecule has 3 aromatic rings. The van der Waals surface area contributed by atoms with E-state index in [-0.39, 0.29) is 36.4 Å². The molecule has 10 nitrogen and oxygen atoms in total. The summed E-state index contributed by atoms with van der Waals surface area (Å²) in [7, 11) is 0. The Bertz CT molecular complexity index is 1050. The van der Waals surface area contributed by atoms with E-state index in [2.05, 4.69) is 25.8 Å². The van der Waals surface area contributed by atoms with Crippen molar-refractivity contribution in [3.63, 3.8) is 0 Å². The van der Waals surface area contributed by atoms with Crippen molar-refractivity contribution in [3.05, 3.63) is 42.1 Å². The lowest BCUT2D eigenvalue weighted by molar-refractivity contribution is -0.126. The first-order valence-electron chi connectivity index (χ1n) is 9.04. The Labute approximate surface area is 164 Å². The summed E-state index contributed by atoms with van der Waals surface area (Å²) in [4.78, 5) is 30.0. The van der Waals surface area contributed by atoms with Crippen molar-refractivity contribution in [1.29, 1.82) is 0 Å². The fourth-order valence-corrected chi connectivity index (χ4v) is 3.13. The Morgan fingerprint density at radius 1 is 1.38 bits per heavy atom. The number of anilines is 1. The molecule has 2 amide bonds. The van der Waals surface area contributed by atoms with Gasteiger partial charge in [0.1, 0.15) is 5.82 Å². The average Bonchev–Trinajstić information content (AvgIpc) is 3.42. The number of hydrogen-bond donors (Lipinski definition) is 1. The van der Waals surface area contributed by atoms with E-state index in [0.29, 0.717) is 24.6 Å². The van der Waals surface area contributed by atoms with Crippen LogP contribution in [-0.2, 0) is 16.1 Å². The largest absolute Gasteiger partial charge is 0.354 e. The lowest BCUT2D eigenvalue weighted by atomic mass is 10.1. The number of carbonyl (C=O) groups excluding carboxylic acids is 2. The van der Waals surface area contributed by atoms with E-state index in [4.69, 9.17) is 4.52 Å². The second-order valence-corrected chi connectivity index (χ2v) is 6.66. The van der Waals surface area contributed by atoms with Crippen LogP contribution in [0.2, 0.25) is 0 Å². The molecular weight excluding hydrogens is 381 g/mol. The zero-order chi connectivity index (χ0) is 20.4. The first kappa shape index (κ1) is 18.7. The summed E-state index contributed by atoms with van der Waals surface area (Å²) >= 11 is 0. The zero-order valence-corrected chi connectivity index (χ0v) is 15.6. The summed E-state index contributed by atoms with van der Waals surface area (Å²) in [6, 6.07) is 6.03. The minimum atomic E-state index is -0.533. The van der Waals surface area contributed by atoms with Gasteiger partial charge in [-0.05, 0) is 19.1 Å². The van der Waals surface area contributed by atoms with Crippen LogP contribution < -0.4 is 10.2 Å². The number of para-hydroxylation sites is 1. The minimum absolute atomic E-state index is 0.0458. The molecule has 0 saturated carbocycles. The first-order chi connectivity index (χ1) is 14.0. The Morgan fingerprint density at radius 2 is 2.21 bits per heavy atom. The molecule has 29 heavy (non-hydrogen) atoms. The molecule has 1 atom stereocenters. The van der Waals surface area contributed by atoms with Crippen LogP contribution in [0.3, 0.4) is 0 Å². The fourth-order valence-electron chi connectivity index (χ4n) is 3.13.